The van der Waals surface area contributed by atoms with Crippen molar-refractivity contribution in [2.24, 2.45) is 0 Å². The summed E-state index contributed by atoms with van der Waals surface area (Å²) in [6.07, 6.45) is 0. The second-order valence-electron chi connectivity index (χ2n) is 6.58. The molecular formula is C22H18Cl2N2O. The first-order valence-electron chi connectivity index (χ1n) is 8.69. The van der Waals surface area contributed by atoms with Gasteiger partial charge in [-0.15, -0.1) is 0 Å². The molecule has 5 heteroatoms. The van der Waals surface area contributed by atoms with E-state index in [9.17, 15) is 4.79 Å². The lowest BCUT2D eigenvalue weighted by molar-refractivity contribution is -0.121. The Kier molecular flexibility index (Phi) is 4.92. The van der Waals surface area contributed by atoms with Gasteiger partial charge in [0.1, 0.15) is 0 Å². The summed E-state index contributed by atoms with van der Waals surface area (Å²) in [6.45, 7) is 0.473. The largest absolute Gasteiger partial charge is 0.272 e. The second kappa shape index (κ2) is 7.35. The van der Waals surface area contributed by atoms with Crippen molar-refractivity contribution in [3.05, 3.63) is 99.5 Å². The van der Waals surface area contributed by atoms with Crippen LogP contribution in [0.15, 0.2) is 72.8 Å². The number of amides is 1. The number of hydrazine groups is 1. The van der Waals surface area contributed by atoms with Gasteiger partial charge in [0.15, 0.2) is 0 Å². The fourth-order valence-corrected chi connectivity index (χ4v) is 3.99. The Bertz CT molecular complexity index is 991. The minimum absolute atomic E-state index is 0.0306. The Morgan fingerprint density at radius 2 is 1.63 bits per heavy atom. The van der Waals surface area contributed by atoms with Crippen LogP contribution in [0.2, 0.25) is 10.0 Å². The highest BCUT2D eigenvalue weighted by Crippen LogP contribution is 2.42. The van der Waals surface area contributed by atoms with Gasteiger partial charge >= 0.3 is 0 Å². The zero-order valence-electron chi connectivity index (χ0n) is 14.8. The van der Waals surface area contributed by atoms with Crippen LogP contribution < -0.4 is 5.01 Å². The van der Waals surface area contributed by atoms with E-state index in [-0.39, 0.29) is 11.8 Å². The lowest BCUT2D eigenvalue weighted by Gasteiger charge is -2.29. The van der Waals surface area contributed by atoms with Crippen molar-refractivity contribution in [2.75, 3.05) is 12.1 Å². The van der Waals surface area contributed by atoms with Gasteiger partial charge in [0, 0.05) is 13.6 Å². The first-order valence-corrected chi connectivity index (χ1v) is 9.45. The first-order chi connectivity index (χ1) is 13.1. The Balaban J connectivity index is 1.71. The van der Waals surface area contributed by atoms with E-state index in [0.717, 1.165) is 22.4 Å². The summed E-state index contributed by atoms with van der Waals surface area (Å²) in [7, 11) is 1.89. The molecule has 0 fully saturated rings. The molecule has 0 saturated heterocycles. The van der Waals surface area contributed by atoms with E-state index < -0.39 is 0 Å². The highest BCUT2D eigenvalue weighted by atomic mass is 35.5. The SMILES string of the molecule is CN(Cc1cccc(Cl)c1Cl)N1C(=O)C(c2ccccc2)c2ccccc21. The quantitative estimate of drug-likeness (QED) is 0.579. The predicted molar refractivity (Wildman–Crippen MR) is 110 cm³/mol. The molecule has 0 aromatic heterocycles. The van der Waals surface area contributed by atoms with E-state index in [1.54, 1.807) is 11.1 Å². The molecular weight excluding hydrogens is 379 g/mol. The monoisotopic (exact) mass is 396 g/mol. The molecule has 3 aromatic rings. The number of benzene rings is 3. The topological polar surface area (TPSA) is 23.6 Å². The highest BCUT2D eigenvalue weighted by molar-refractivity contribution is 6.42. The number of hydrogen-bond acceptors (Lipinski definition) is 2. The number of halogens is 2. The number of carbonyl (C=O) groups is 1. The smallest absolute Gasteiger partial charge is 0.253 e. The number of hydrogen-bond donors (Lipinski definition) is 0. The summed E-state index contributed by atoms with van der Waals surface area (Å²) in [6, 6.07) is 23.3. The van der Waals surface area contributed by atoms with E-state index in [1.165, 1.54) is 0 Å². The van der Waals surface area contributed by atoms with Crippen molar-refractivity contribution in [1.82, 2.24) is 5.01 Å². The lowest BCUT2D eigenvalue weighted by Crippen LogP contribution is -2.42. The van der Waals surface area contributed by atoms with Crippen molar-refractivity contribution >= 4 is 34.8 Å². The van der Waals surface area contributed by atoms with Crippen molar-refractivity contribution in [3.63, 3.8) is 0 Å². The van der Waals surface area contributed by atoms with E-state index in [2.05, 4.69) is 0 Å². The zero-order chi connectivity index (χ0) is 19.0. The van der Waals surface area contributed by atoms with Crippen LogP contribution in [0, 0.1) is 0 Å². The maximum absolute atomic E-state index is 13.4. The fourth-order valence-electron chi connectivity index (χ4n) is 3.61. The lowest BCUT2D eigenvalue weighted by atomic mass is 9.93. The summed E-state index contributed by atoms with van der Waals surface area (Å²) >= 11 is 12.5. The average molecular weight is 397 g/mol. The summed E-state index contributed by atoms with van der Waals surface area (Å²) in [4.78, 5) is 13.4. The van der Waals surface area contributed by atoms with E-state index in [1.807, 2.05) is 78.8 Å². The van der Waals surface area contributed by atoms with Gasteiger partial charge in [-0.2, -0.15) is 0 Å². The molecule has 0 N–H and O–H groups in total. The molecule has 0 spiro atoms. The number of anilines is 1. The van der Waals surface area contributed by atoms with Crippen LogP contribution in [0.1, 0.15) is 22.6 Å². The molecule has 0 radical (unpaired) electrons. The predicted octanol–water partition coefficient (Wildman–Crippen LogP) is 5.52. The Hall–Kier alpha value is -2.33. The van der Waals surface area contributed by atoms with Gasteiger partial charge in [-0.25, -0.2) is 10.0 Å². The molecule has 1 aliphatic rings. The molecule has 4 rings (SSSR count). The third kappa shape index (κ3) is 3.23. The summed E-state index contributed by atoms with van der Waals surface area (Å²) in [5.41, 5.74) is 3.78. The molecule has 3 aromatic carbocycles. The molecule has 1 heterocycles. The summed E-state index contributed by atoms with van der Waals surface area (Å²) in [5.74, 6) is -0.275. The van der Waals surface area contributed by atoms with Crippen LogP contribution in [0.3, 0.4) is 0 Å². The number of fused-ring (bicyclic) bond motifs is 1. The van der Waals surface area contributed by atoms with Crippen LogP contribution in [-0.2, 0) is 11.3 Å². The van der Waals surface area contributed by atoms with Crippen molar-refractivity contribution in [1.29, 1.82) is 0 Å². The van der Waals surface area contributed by atoms with E-state index >= 15 is 0 Å². The van der Waals surface area contributed by atoms with Crippen LogP contribution in [-0.4, -0.2) is 18.0 Å². The highest BCUT2D eigenvalue weighted by Gasteiger charge is 2.40. The van der Waals surface area contributed by atoms with Gasteiger partial charge in [-0.05, 0) is 28.8 Å². The molecule has 3 nitrogen and oxygen atoms in total. The molecule has 1 atom stereocenters. The minimum Gasteiger partial charge on any atom is -0.272 e. The number of nitrogens with zero attached hydrogens (tertiary/aromatic N) is 2. The first kappa shape index (κ1) is 18.1. The van der Waals surface area contributed by atoms with Gasteiger partial charge in [0.2, 0.25) is 0 Å². The standard InChI is InChI=1S/C22H18Cl2N2O/c1-25(14-16-10-7-12-18(23)21(16)24)26-19-13-6-5-11-17(19)20(22(26)27)15-8-3-2-4-9-15/h2-13,20H,14H2,1H3. The number of carbonyl (C=O) groups excluding carboxylic acids is 1. The fraction of sp³-hybridized carbons (Fsp3) is 0.136. The Morgan fingerprint density at radius 1 is 0.926 bits per heavy atom. The van der Waals surface area contributed by atoms with Gasteiger partial charge in [-0.3, -0.25) is 4.79 Å². The zero-order valence-corrected chi connectivity index (χ0v) is 16.3. The summed E-state index contributed by atoms with van der Waals surface area (Å²) in [5, 5.41) is 4.66. The summed E-state index contributed by atoms with van der Waals surface area (Å²) < 4.78 is 0. The molecule has 1 unspecified atom stereocenters. The van der Waals surface area contributed by atoms with Crippen molar-refractivity contribution in [3.8, 4) is 0 Å². The number of para-hydroxylation sites is 1. The third-order valence-corrected chi connectivity index (χ3v) is 5.69. The molecule has 27 heavy (non-hydrogen) atoms. The average Bonchev–Trinajstić information content (AvgIpc) is 2.98. The van der Waals surface area contributed by atoms with E-state index in [4.69, 9.17) is 23.2 Å². The van der Waals surface area contributed by atoms with Crippen molar-refractivity contribution < 1.29 is 4.79 Å². The normalized spacial score (nSPS) is 16.1. The molecule has 1 amide bonds. The molecule has 0 aliphatic carbocycles. The van der Waals surface area contributed by atoms with Crippen molar-refractivity contribution in [2.45, 2.75) is 12.5 Å². The molecule has 136 valence electrons. The van der Waals surface area contributed by atoms with Gasteiger partial charge in [-0.1, -0.05) is 83.9 Å². The van der Waals surface area contributed by atoms with Gasteiger partial charge in [0.25, 0.3) is 5.91 Å². The Morgan fingerprint density at radius 3 is 2.41 bits per heavy atom. The minimum atomic E-state index is -0.306. The third-order valence-electron chi connectivity index (χ3n) is 4.84. The Labute approximate surface area is 168 Å². The second-order valence-corrected chi connectivity index (χ2v) is 7.37. The van der Waals surface area contributed by atoms with Gasteiger partial charge < -0.3 is 0 Å². The molecule has 0 saturated carbocycles. The van der Waals surface area contributed by atoms with Crippen LogP contribution in [0.4, 0.5) is 5.69 Å². The molecule has 1 aliphatic heterocycles. The maximum atomic E-state index is 13.4. The van der Waals surface area contributed by atoms with Crippen LogP contribution in [0.5, 0.6) is 0 Å². The maximum Gasteiger partial charge on any atom is 0.253 e. The van der Waals surface area contributed by atoms with Gasteiger partial charge in [0.05, 0.1) is 21.7 Å². The number of rotatable bonds is 4. The van der Waals surface area contributed by atoms with E-state index in [0.29, 0.717) is 16.6 Å². The molecule has 0 bridgehead atoms. The van der Waals surface area contributed by atoms with Crippen LogP contribution >= 0.6 is 23.2 Å². The van der Waals surface area contributed by atoms with Crippen LogP contribution in [0.25, 0.3) is 0 Å².